The predicted molar refractivity (Wildman–Crippen MR) is 70.4 cm³/mol. The van der Waals surface area contributed by atoms with Crippen LogP contribution in [0.25, 0.3) is 0 Å². The molecule has 2 rings (SSSR count). The third-order valence-electron chi connectivity index (χ3n) is 3.45. The number of hydrogen-bond donors (Lipinski definition) is 1. The van der Waals surface area contributed by atoms with Crippen LogP contribution in [-0.2, 0) is 21.7 Å². The molecule has 0 atom stereocenters. The van der Waals surface area contributed by atoms with E-state index in [1.165, 1.54) is 0 Å². The Bertz CT molecular complexity index is 481. The Morgan fingerprint density at radius 2 is 2.06 bits per heavy atom. The highest BCUT2D eigenvalue weighted by Gasteiger charge is 2.38. The Balaban J connectivity index is 2.47. The fraction of sp³-hybridized carbons (Fsp3) is 0.667. The van der Waals surface area contributed by atoms with Crippen molar-refractivity contribution in [1.29, 1.82) is 0 Å². The van der Waals surface area contributed by atoms with E-state index in [4.69, 9.17) is 9.47 Å². The van der Waals surface area contributed by atoms with Crippen LogP contribution in [-0.4, -0.2) is 24.2 Å². The van der Waals surface area contributed by atoms with E-state index in [1.807, 2.05) is 0 Å². The Kier molecular flexibility index (Phi) is 4.19. The molecule has 0 radical (unpaired) electrons. The lowest BCUT2D eigenvalue weighted by Crippen LogP contribution is -2.31. The predicted octanol–water partition coefficient (Wildman–Crippen LogP) is 2.09. The van der Waals surface area contributed by atoms with Gasteiger partial charge in [-0.1, -0.05) is 0 Å². The van der Waals surface area contributed by atoms with E-state index in [2.05, 4.69) is 25.9 Å². The Hall–Kier alpha value is -0.720. The number of rotatable bonds is 4. The molecular formula is C12H17BrN2O3. The summed E-state index contributed by atoms with van der Waals surface area (Å²) in [5.74, 6) is 0.614. The van der Waals surface area contributed by atoms with Crippen molar-refractivity contribution >= 4 is 15.9 Å². The molecule has 1 aliphatic rings. The molecule has 1 N–H and O–H groups in total. The Morgan fingerprint density at radius 3 is 2.61 bits per heavy atom. The van der Waals surface area contributed by atoms with Crippen molar-refractivity contribution in [3.8, 4) is 0 Å². The van der Waals surface area contributed by atoms with Crippen LogP contribution in [0.5, 0.6) is 0 Å². The van der Waals surface area contributed by atoms with Gasteiger partial charge in [-0.2, -0.15) is 0 Å². The Labute approximate surface area is 114 Å². The minimum atomic E-state index is -0.442. The van der Waals surface area contributed by atoms with Crippen LogP contribution in [0.4, 0.5) is 0 Å². The van der Waals surface area contributed by atoms with Crippen molar-refractivity contribution < 1.29 is 9.47 Å². The van der Waals surface area contributed by atoms with E-state index in [0.29, 0.717) is 22.6 Å². The summed E-state index contributed by atoms with van der Waals surface area (Å²) < 4.78 is 11.1. The van der Waals surface area contributed by atoms with Crippen LogP contribution in [0.2, 0.25) is 0 Å². The molecule has 0 aromatic carbocycles. The SMILES string of the molecule is COCc1nc(C2(OC)CCCC2)[nH]c(=O)c1Br. The van der Waals surface area contributed by atoms with E-state index >= 15 is 0 Å². The van der Waals surface area contributed by atoms with Crippen LogP contribution in [0.3, 0.4) is 0 Å². The van der Waals surface area contributed by atoms with Gasteiger partial charge in [0.2, 0.25) is 0 Å². The second-order valence-electron chi connectivity index (χ2n) is 4.51. The number of nitrogens with one attached hydrogen (secondary N) is 1. The normalized spacial score (nSPS) is 18.2. The lowest BCUT2D eigenvalue weighted by atomic mass is 10.0. The van der Waals surface area contributed by atoms with Gasteiger partial charge in [-0.25, -0.2) is 4.98 Å². The molecule has 1 aromatic rings. The van der Waals surface area contributed by atoms with Crippen molar-refractivity contribution in [2.75, 3.05) is 14.2 Å². The van der Waals surface area contributed by atoms with Gasteiger partial charge in [0.1, 0.15) is 15.9 Å². The minimum Gasteiger partial charge on any atom is -0.378 e. The third kappa shape index (κ3) is 2.37. The van der Waals surface area contributed by atoms with E-state index in [9.17, 15) is 4.79 Å². The number of ether oxygens (including phenoxy) is 2. The molecule has 0 unspecified atom stereocenters. The molecule has 5 nitrogen and oxygen atoms in total. The quantitative estimate of drug-likeness (QED) is 0.923. The van der Waals surface area contributed by atoms with Crippen LogP contribution in [0.1, 0.15) is 37.2 Å². The zero-order chi connectivity index (χ0) is 13.2. The average molecular weight is 317 g/mol. The number of hydrogen-bond acceptors (Lipinski definition) is 4. The second kappa shape index (κ2) is 5.50. The van der Waals surface area contributed by atoms with Gasteiger partial charge in [-0.3, -0.25) is 4.79 Å². The van der Waals surface area contributed by atoms with Gasteiger partial charge in [0.15, 0.2) is 0 Å². The first-order valence-electron chi connectivity index (χ1n) is 5.96. The maximum Gasteiger partial charge on any atom is 0.265 e. The van der Waals surface area contributed by atoms with E-state index in [-0.39, 0.29) is 5.56 Å². The lowest BCUT2D eigenvalue weighted by Gasteiger charge is -2.26. The van der Waals surface area contributed by atoms with Gasteiger partial charge >= 0.3 is 0 Å². The topological polar surface area (TPSA) is 64.2 Å². The van der Waals surface area contributed by atoms with Crippen molar-refractivity contribution in [2.24, 2.45) is 0 Å². The molecule has 0 saturated heterocycles. The molecule has 1 aliphatic carbocycles. The average Bonchev–Trinajstić information content (AvgIpc) is 2.85. The van der Waals surface area contributed by atoms with Gasteiger partial charge in [0.05, 0.1) is 12.3 Å². The minimum absolute atomic E-state index is 0.185. The maximum absolute atomic E-state index is 11.9. The zero-order valence-corrected chi connectivity index (χ0v) is 12.2. The van der Waals surface area contributed by atoms with E-state index in [0.717, 1.165) is 25.7 Å². The van der Waals surface area contributed by atoms with Gasteiger partial charge < -0.3 is 14.5 Å². The lowest BCUT2D eigenvalue weighted by molar-refractivity contribution is -0.0169. The van der Waals surface area contributed by atoms with Crippen molar-refractivity contribution in [1.82, 2.24) is 9.97 Å². The fourth-order valence-electron chi connectivity index (χ4n) is 2.44. The number of aromatic amines is 1. The maximum atomic E-state index is 11.9. The monoisotopic (exact) mass is 316 g/mol. The summed E-state index contributed by atoms with van der Waals surface area (Å²) in [6.07, 6.45) is 3.96. The molecule has 1 heterocycles. The van der Waals surface area contributed by atoms with Gasteiger partial charge in [-0.15, -0.1) is 0 Å². The highest BCUT2D eigenvalue weighted by atomic mass is 79.9. The van der Waals surface area contributed by atoms with Gasteiger partial charge in [-0.05, 0) is 41.6 Å². The first kappa shape index (κ1) is 13.7. The third-order valence-corrected chi connectivity index (χ3v) is 4.26. The molecule has 1 saturated carbocycles. The molecule has 0 spiro atoms. The largest absolute Gasteiger partial charge is 0.378 e. The molecule has 0 amide bonds. The second-order valence-corrected chi connectivity index (χ2v) is 5.31. The van der Waals surface area contributed by atoms with Crippen LogP contribution in [0, 0.1) is 0 Å². The molecule has 0 bridgehead atoms. The molecule has 0 aliphatic heterocycles. The molecule has 6 heteroatoms. The first-order chi connectivity index (χ1) is 8.63. The zero-order valence-electron chi connectivity index (χ0n) is 10.6. The van der Waals surface area contributed by atoms with Crippen molar-refractivity contribution in [2.45, 2.75) is 37.9 Å². The smallest absolute Gasteiger partial charge is 0.265 e. The summed E-state index contributed by atoms with van der Waals surface area (Å²) in [7, 11) is 3.25. The van der Waals surface area contributed by atoms with E-state index in [1.54, 1.807) is 14.2 Å². The molecule has 1 aromatic heterocycles. The summed E-state index contributed by atoms with van der Waals surface area (Å²) in [5.41, 5.74) is -0.0162. The number of H-pyrrole nitrogens is 1. The standard InChI is InChI=1S/C12H17BrN2O3/c1-17-7-8-9(13)10(16)15-11(14-8)12(18-2)5-3-4-6-12/h3-7H2,1-2H3,(H,14,15,16). The summed E-state index contributed by atoms with van der Waals surface area (Å²) >= 11 is 3.24. The Morgan fingerprint density at radius 1 is 1.39 bits per heavy atom. The van der Waals surface area contributed by atoms with Gasteiger partial charge in [0, 0.05) is 14.2 Å². The van der Waals surface area contributed by atoms with Crippen LogP contribution < -0.4 is 5.56 Å². The molecule has 18 heavy (non-hydrogen) atoms. The van der Waals surface area contributed by atoms with Crippen LogP contribution >= 0.6 is 15.9 Å². The number of methoxy groups -OCH3 is 2. The summed E-state index contributed by atoms with van der Waals surface area (Å²) in [6.45, 7) is 0.303. The highest BCUT2D eigenvalue weighted by Crippen LogP contribution is 2.39. The number of aromatic nitrogens is 2. The summed E-state index contributed by atoms with van der Waals surface area (Å²) in [5, 5.41) is 0. The molecular weight excluding hydrogens is 300 g/mol. The summed E-state index contributed by atoms with van der Waals surface area (Å²) in [4.78, 5) is 19.2. The van der Waals surface area contributed by atoms with Crippen molar-refractivity contribution in [3.63, 3.8) is 0 Å². The molecule has 1 fully saturated rings. The number of nitrogens with zero attached hydrogens (tertiary/aromatic N) is 1. The highest BCUT2D eigenvalue weighted by molar-refractivity contribution is 9.10. The molecule has 100 valence electrons. The van der Waals surface area contributed by atoms with Crippen LogP contribution in [0.15, 0.2) is 9.27 Å². The number of halogens is 1. The summed E-state index contributed by atoms with van der Waals surface area (Å²) in [6, 6.07) is 0. The van der Waals surface area contributed by atoms with Gasteiger partial charge in [0.25, 0.3) is 5.56 Å². The fourth-order valence-corrected chi connectivity index (χ4v) is 2.74. The van der Waals surface area contributed by atoms with E-state index < -0.39 is 5.60 Å². The first-order valence-corrected chi connectivity index (χ1v) is 6.75. The van der Waals surface area contributed by atoms with Crippen molar-refractivity contribution in [3.05, 3.63) is 26.3 Å².